The van der Waals surface area contributed by atoms with Crippen molar-refractivity contribution >= 4 is 33.2 Å². The maximum atomic E-state index is 13.1. The number of anilines is 2. The molecular weight excluding hydrogens is 446 g/mol. The Balaban J connectivity index is 1.44. The van der Waals surface area contributed by atoms with E-state index in [0.29, 0.717) is 44.0 Å². The lowest BCUT2D eigenvalue weighted by atomic mass is 10.0. The number of benzene rings is 2. The molecule has 2 amide bonds. The Bertz CT molecular complexity index is 1160. The molecule has 1 fully saturated rings. The van der Waals surface area contributed by atoms with Crippen LogP contribution in [0.2, 0.25) is 0 Å². The number of nitrogens with zero attached hydrogens (tertiary/aromatic N) is 1. The van der Waals surface area contributed by atoms with E-state index in [1.807, 2.05) is 0 Å². The summed E-state index contributed by atoms with van der Waals surface area (Å²) in [6.07, 6.45) is 2.68. The zero-order valence-corrected chi connectivity index (χ0v) is 19.2. The fourth-order valence-corrected chi connectivity index (χ4v) is 5.60. The van der Waals surface area contributed by atoms with Gasteiger partial charge in [0.25, 0.3) is 5.91 Å². The van der Waals surface area contributed by atoms with Crippen LogP contribution in [0.25, 0.3) is 0 Å². The fraction of sp³-hybridized carbons (Fsp3) is 0.391. The second-order valence-electron chi connectivity index (χ2n) is 7.91. The van der Waals surface area contributed by atoms with Gasteiger partial charge in [-0.15, -0.1) is 0 Å². The molecule has 0 atom stereocenters. The smallest absolute Gasteiger partial charge is 0.262 e. The average molecular weight is 474 g/mol. The van der Waals surface area contributed by atoms with Gasteiger partial charge in [0.05, 0.1) is 6.61 Å². The van der Waals surface area contributed by atoms with Crippen molar-refractivity contribution in [3.63, 3.8) is 0 Å². The highest BCUT2D eigenvalue weighted by Crippen LogP contribution is 2.32. The van der Waals surface area contributed by atoms with E-state index >= 15 is 0 Å². The third-order valence-corrected chi connectivity index (χ3v) is 7.47. The zero-order chi connectivity index (χ0) is 23.4. The van der Waals surface area contributed by atoms with Crippen molar-refractivity contribution in [2.24, 2.45) is 0 Å². The van der Waals surface area contributed by atoms with E-state index in [2.05, 4.69) is 10.6 Å². The van der Waals surface area contributed by atoms with Gasteiger partial charge in [-0.2, -0.15) is 4.31 Å². The van der Waals surface area contributed by atoms with E-state index in [1.165, 1.54) is 10.4 Å². The van der Waals surface area contributed by atoms with Crippen LogP contribution in [-0.4, -0.2) is 50.8 Å². The lowest BCUT2D eigenvalue weighted by Gasteiger charge is -2.19. The van der Waals surface area contributed by atoms with Gasteiger partial charge in [-0.25, -0.2) is 8.42 Å². The lowest BCUT2D eigenvalue weighted by Crippen LogP contribution is -2.28. The number of hydrogen-bond donors (Lipinski definition) is 2. The highest BCUT2D eigenvalue weighted by atomic mass is 32.2. The molecule has 0 aromatic heterocycles. The summed E-state index contributed by atoms with van der Waals surface area (Å²) >= 11 is 0. The number of aryl methyl sites for hydroxylation is 1. The minimum atomic E-state index is -3.72. The number of carbonyl (C=O) groups excluding carboxylic acids is 2. The number of amides is 2. The largest absolute Gasteiger partial charge is 0.492 e. The lowest BCUT2D eigenvalue weighted by molar-refractivity contribution is -0.118. The molecule has 33 heavy (non-hydrogen) atoms. The van der Waals surface area contributed by atoms with Gasteiger partial charge >= 0.3 is 0 Å². The van der Waals surface area contributed by atoms with Crippen LogP contribution in [0, 0.1) is 0 Å². The van der Waals surface area contributed by atoms with Gasteiger partial charge in [0.1, 0.15) is 16.4 Å². The number of sulfonamides is 1. The van der Waals surface area contributed by atoms with Gasteiger partial charge in [0, 0.05) is 30.9 Å². The van der Waals surface area contributed by atoms with Gasteiger partial charge in [-0.05, 0) is 68.1 Å². The Morgan fingerprint density at radius 2 is 1.88 bits per heavy atom. The van der Waals surface area contributed by atoms with Gasteiger partial charge in [-0.3, -0.25) is 9.59 Å². The summed E-state index contributed by atoms with van der Waals surface area (Å²) in [5.74, 6) is 0.343. The van der Waals surface area contributed by atoms with Gasteiger partial charge in [0.15, 0.2) is 6.61 Å². The first kappa shape index (κ1) is 23.1. The molecular formula is C23H27N3O6S. The molecule has 10 heteroatoms. The molecule has 2 heterocycles. The van der Waals surface area contributed by atoms with Crippen LogP contribution < -0.4 is 20.1 Å². The molecule has 176 valence electrons. The number of carbonyl (C=O) groups is 2. The predicted octanol–water partition coefficient (Wildman–Crippen LogP) is 2.77. The minimum Gasteiger partial charge on any atom is -0.492 e. The van der Waals surface area contributed by atoms with E-state index in [9.17, 15) is 18.0 Å². The molecule has 0 unspecified atom stereocenters. The first-order valence-electron chi connectivity index (χ1n) is 11.0. The summed E-state index contributed by atoms with van der Waals surface area (Å²) in [7, 11) is -3.72. The molecule has 0 saturated carbocycles. The van der Waals surface area contributed by atoms with Gasteiger partial charge in [-0.1, -0.05) is 0 Å². The van der Waals surface area contributed by atoms with Crippen LogP contribution in [-0.2, 0) is 26.0 Å². The van der Waals surface area contributed by atoms with Crippen LogP contribution in [0.3, 0.4) is 0 Å². The van der Waals surface area contributed by atoms with Crippen molar-refractivity contribution in [1.82, 2.24) is 4.31 Å². The van der Waals surface area contributed by atoms with E-state index < -0.39 is 15.9 Å². The van der Waals surface area contributed by atoms with E-state index in [1.54, 1.807) is 37.3 Å². The third kappa shape index (κ3) is 5.28. The average Bonchev–Trinajstić information content (AvgIpc) is 3.35. The quantitative estimate of drug-likeness (QED) is 0.609. The van der Waals surface area contributed by atoms with Crippen molar-refractivity contribution in [2.75, 3.05) is 36.9 Å². The molecule has 2 aromatic rings. The van der Waals surface area contributed by atoms with Crippen LogP contribution in [0.4, 0.5) is 11.4 Å². The van der Waals surface area contributed by atoms with Crippen molar-refractivity contribution in [3.05, 3.63) is 42.0 Å². The fourth-order valence-electron chi connectivity index (χ4n) is 3.93. The molecule has 0 aliphatic carbocycles. The van der Waals surface area contributed by atoms with Crippen molar-refractivity contribution in [3.8, 4) is 11.5 Å². The zero-order valence-electron chi connectivity index (χ0n) is 18.4. The SMILES string of the molecule is CCOc1ccc(NC(=O)COc2ccc3c(c2)CCC(=O)N3)cc1S(=O)(=O)N1CCCC1. The molecule has 4 rings (SSSR count). The molecule has 1 saturated heterocycles. The van der Waals surface area contributed by atoms with E-state index in [-0.39, 0.29) is 23.2 Å². The second kappa shape index (κ2) is 9.80. The summed E-state index contributed by atoms with van der Waals surface area (Å²) in [6, 6.07) is 9.84. The number of ether oxygens (including phenoxy) is 2. The monoisotopic (exact) mass is 473 g/mol. The first-order chi connectivity index (χ1) is 15.9. The summed E-state index contributed by atoms with van der Waals surface area (Å²) in [5.41, 5.74) is 2.05. The third-order valence-electron chi connectivity index (χ3n) is 5.55. The highest BCUT2D eigenvalue weighted by molar-refractivity contribution is 7.89. The van der Waals surface area contributed by atoms with Crippen molar-refractivity contribution in [2.45, 2.75) is 37.5 Å². The molecule has 2 aliphatic rings. The van der Waals surface area contributed by atoms with Crippen LogP contribution in [0.1, 0.15) is 31.7 Å². The Labute approximate surface area is 193 Å². The molecule has 2 aliphatic heterocycles. The molecule has 9 nitrogen and oxygen atoms in total. The second-order valence-corrected chi connectivity index (χ2v) is 9.82. The van der Waals surface area contributed by atoms with E-state index in [4.69, 9.17) is 9.47 Å². The van der Waals surface area contributed by atoms with Crippen LogP contribution in [0.15, 0.2) is 41.3 Å². The standard InChI is InChI=1S/C23H27N3O6S/c1-2-31-20-9-6-17(14-21(20)33(29,30)26-11-3-4-12-26)24-23(28)15-32-18-7-8-19-16(13-18)5-10-22(27)25-19/h6-9,13-14H,2-5,10-12,15H2,1H3,(H,24,28)(H,25,27). The van der Waals surface area contributed by atoms with Crippen molar-refractivity contribution in [1.29, 1.82) is 0 Å². The number of nitrogens with one attached hydrogen (secondary N) is 2. The normalized spacial score (nSPS) is 16.1. The Hall–Kier alpha value is -3.11. The summed E-state index contributed by atoms with van der Waals surface area (Å²) < 4.78 is 38.8. The number of rotatable bonds is 8. The van der Waals surface area contributed by atoms with Gasteiger partial charge in [0.2, 0.25) is 15.9 Å². The Morgan fingerprint density at radius 3 is 2.64 bits per heavy atom. The summed E-state index contributed by atoms with van der Waals surface area (Å²) in [5, 5.41) is 5.49. The summed E-state index contributed by atoms with van der Waals surface area (Å²) in [6.45, 7) is 2.82. The molecule has 2 N–H and O–H groups in total. The highest BCUT2D eigenvalue weighted by Gasteiger charge is 2.30. The first-order valence-corrected chi connectivity index (χ1v) is 12.4. The van der Waals surface area contributed by atoms with Gasteiger partial charge < -0.3 is 20.1 Å². The number of fused-ring (bicyclic) bond motifs is 1. The van der Waals surface area contributed by atoms with Crippen LogP contribution in [0.5, 0.6) is 11.5 Å². The maximum Gasteiger partial charge on any atom is 0.262 e. The topological polar surface area (TPSA) is 114 Å². The molecule has 0 radical (unpaired) electrons. The maximum absolute atomic E-state index is 13.1. The molecule has 2 aromatic carbocycles. The predicted molar refractivity (Wildman–Crippen MR) is 123 cm³/mol. The minimum absolute atomic E-state index is 0.0167. The Kier molecular flexibility index (Phi) is 6.85. The summed E-state index contributed by atoms with van der Waals surface area (Å²) in [4.78, 5) is 24.0. The Morgan fingerprint density at radius 1 is 1.09 bits per heavy atom. The van der Waals surface area contributed by atoms with E-state index in [0.717, 1.165) is 24.1 Å². The van der Waals surface area contributed by atoms with Crippen LogP contribution >= 0.6 is 0 Å². The number of hydrogen-bond acceptors (Lipinski definition) is 6. The van der Waals surface area contributed by atoms with Crippen molar-refractivity contribution < 1.29 is 27.5 Å². The molecule has 0 spiro atoms. The molecule has 0 bridgehead atoms.